The summed E-state index contributed by atoms with van der Waals surface area (Å²) in [6.45, 7) is 0.781. The number of fused-ring (bicyclic) bond motifs is 1. The third-order valence-corrected chi connectivity index (χ3v) is 3.72. The molecule has 0 amide bonds. The van der Waals surface area contributed by atoms with Crippen LogP contribution in [0.1, 0.15) is 18.4 Å². The molecule has 1 aromatic heterocycles. The van der Waals surface area contributed by atoms with Gasteiger partial charge < -0.3 is 10.5 Å². The van der Waals surface area contributed by atoms with E-state index in [-0.39, 0.29) is 0 Å². The second-order valence-electron chi connectivity index (χ2n) is 3.84. The van der Waals surface area contributed by atoms with Gasteiger partial charge in [-0.2, -0.15) is 0 Å². The third kappa shape index (κ3) is 2.20. The molecule has 0 atom stereocenters. The van der Waals surface area contributed by atoms with Gasteiger partial charge >= 0.3 is 0 Å². The van der Waals surface area contributed by atoms with Crippen LogP contribution in [0.25, 0.3) is 10.1 Å². The van der Waals surface area contributed by atoms with Gasteiger partial charge in [-0.25, -0.2) is 0 Å². The lowest BCUT2D eigenvalue weighted by Gasteiger charge is -2.06. The van der Waals surface area contributed by atoms with Gasteiger partial charge in [0, 0.05) is 0 Å². The SMILES string of the molecule is COc1ccc(CCCCN)c2ccsc12. The van der Waals surface area contributed by atoms with Crippen molar-refractivity contribution in [2.75, 3.05) is 13.7 Å². The van der Waals surface area contributed by atoms with Gasteiger partial charge in [-0.05, 0) is 54.3 Å². The topological polar surface area (TPSA) is 35.2 Å². The first kappa shape index (κ1) is 11.4. The molecule has 0 aliphatic carbocycles. The smallest absolute Gasteiger partial charge is 0.136 e. The summed E-state index contributed by atoms with van der Waals surface area (Å²) in [5.41, 5.74) is 6.92. The maximum atomic E-state index is 5.51. The van der Waals surface area contributed by atoms with E-state index in [9.17, 15) is 0 Å². The molecule has 1 aromatic carbocycles. The Hall–Kier alpha value is -1.06. The van der Waals surface area contributed by atoms with Crippen molar-refractivity contribution in [1.29, 1.82) is 0 Å². The molecule has 0 radical (unpaired) electrons. The predicted octanol–water partition coefficient (Wildman–Crippen LogP) is 3.19. The number of rotatable bonds is 5. The standard InChI is InChI=1S/C13H17NOS/c1-15-12-6-5-10(4-2-3-8-14)11-7-9-16-13(11)12/h5-7,9H,2-4,8,14H2,1H3. The Morgan fingerprint density at radius 1 is 1.25 bits per heavy atom. The van der Waals surface area contributed by atoms with E-state index in [4.69, 9.17) is 10.5 Å². The Bertz CT molecular complexity index is 464. The summed E-state index contributed by atoms with van der Waals surface area (Å²) in [5, 5.41) is 3.46. The summed E-state index contributed by atoms with van der Waals surface area (Å²) in [6, 6.07) is 6.42. The van der Waals surface area contributed by atoms with E-state index in [1.807, 2.05) is 0 Å². The third-order valence-electron chi connectivity index (χ3n) is 2.79. The minimum atomic E-state index is 0.781. The number of aryl methyl sites for hydroxylation is 1. The molecule has 0 bridgehead atoms. The molecule has 2 nitrogen and oxygen atoms in total. The van der Waals surface area contributed by atoms with Crippen molar-refractivity contribution in [3.63, 3.8) is 0 Å². The Morgan fingerprint density at radius 3 is 2.88 bits per heavy atom. The van der Waals surface area contributed by atoms with Crippen LogP contribution in [0.5, 0.6) is 5.75 Å². The van der Waals surface area contributed by atoms with Crippen LogP contribution in [0.3, 0.4) is 0 Å². The predicted molar refractivity (Wildman–Crippen MR) is 70.4 cm³/mol. The van der Waals surface area contributed by atoms with Gasteiger partial charge in [0.15, 0.2) is 0 Å². The molecule has 2 aromatic rings. The van der Waals surface area contributed by atoms with Gasteiger partial charge in [-0.3, -0.25) is 0 Å². The van der Waals surface area contributed by atoms with Crippen molar-refractivity contribution in [3.05, 3.63) is 29.1 Å². The van der Waals surface area contributed by atoms with E-state index in [2.05, 4.69) is 23.6 Å². The molecular weight excluding hydrogens is 218 g/mol. The molecule has 86 valence electrons. The van der Waals surface area contributed by atoms with E-state index in [1.165, 1.54) is 15.6 Å². The van der Waals surface area contributed by atoms with E-state index in [1.54, 1.807) is 18.4 Å². The zero-order valence-electron chi connectivity index (χ0n) is 9.53. The number of unbranched alkanes of at least 4 members (excludes halogenated alkanes) is 1. The highest BCUT2D eigenvalue weighted by atomic mass is 32.1. The Labute approximate surface area is 100 Å². The van der Waals surface area contributed by atoms with Crippen molar-refractivity contribution in [3.8, 4) is 5.75 Å². The highest BCUT2D eigenvalue weighted by molar-refractivity contribution is 7.17. The van der Waals surface area contributed by atoms with Gasteiger partial charge in [0.25, 0.3) is 0 Å². The minimum Gasteiger partial charge on any atom is -0.495 e. The van der Waals surface area contributed by atoms with Crippen LogP contribution in [0.4, 0.5) is 0 Å². The molecule has 0 saturated carbocycles. The molecular formula is C13H17NOS. The number of methoxy groups -OCH3 is 1. The molecule has 0 aliphatic heterocycles. The summed E-state index contributed by atoms with van der Waals surface area (Å²) in [5.74, 6) is 0.979. The first-order valence-electron chi connectivity index (χ1n) is 5.60. The second kappa shape index (κ2) is 5.32. The highest BCUT2D eigenvalue weighted by Gasteiger charge is 2.07. The van der Waals surface area contributed by atoms with Gasteiger partial charge in [-0.1, -0.05) is 6.07 Å². The average Bonchev–Trinajstić information content (AvgIpc) is 2.79. The molecule has 2 N–H and O–H groups in total. The van der Waals surface area contributed by atoms with Crippen molar-refractivity contribution in [2.24, 2.45) is 5.73 Å². The summed E-state index contributed by atoms with van der Waals surface area (Å²) < 4.78 is 6.61. The fourth-order valence-corrected chi connectivity index (χ4v) is 2.87. The van der Waals surface area contributed by atoms with Gasteiger partial charge in [0.2, 0.25) is 0 Å². The Kier molecular flexibility index (Phi) is 3.80. The van der Waals surface area contributed by atoms with E-state index < -0.39 is 0 Å². The lowest BCUT2D eigenvalue weighted by Crippen LogP contribution is -1.99. The number of thiophene rings is 1. The molecule has 1 heterocycles. The van der Waals surface area contributed by atoms with Crippen LogP contribution in [0.15, 0.2) is 23.6 Å². The van der Waals surface area contributed by atoms with Crippen molar-refractivity contribution >= 4 is 21.4 Å². The quantitative estimate of drug-likeness (QED) is 0.808. The zero-order valence-corrected chi connectivity index (χ0v) is 10.3. The van der Waals surface area contributed by atoms with Crippen LogP contribution in [-0.4, -0.2) is 13.7 Å². The van der Waals surface area contributed by atoms with E-state index >= 15 is 0 Å². The summed E-state index contributed by atoms with van der Waals surface area (Å²) in [4.78, 5) is 0. The van der Waals surface area contributed by atoms with E-state index in [0.29, 0.717) is 0 Å². The Morgan fingerprint density at radius 2 is 2.12 bits per heavy atom. The average molecular weight is 235 g/mol. The fraction of sp³-hybridized carbons (Fsp3) is 0.385. The lowest BCUT2D eigenvalue weighted by atomic mass is 10.0. The summed E-state index contributed by atoms with van der Waals surface area (Å²) in [7, 11) is 1.72. The van der Waals surface area contributed by atoms with Gasteiger partial charge in [-0.15, -0.1) is 11.3 Å². The van der Waals surface area contributed by atoms with Gasteiger partial charge in [0.1, 0.15) is 5.75 Å². The molecule has 3 heteroatoms. The minimum absolute atomic E-state index is 0.781. The largest absolute Gasteiger partial charge is 0.495 e. The van der Waals surface area contributed by atoms with Crippen molar-refractivity contribution in [1.82, 2.24) is 0 Å². The molecule has 0 unspecified atom stereocenters. The monoisotopic (exact) mass is 235 g/mol. The second-order valence-corrected chi connectivity index (χ2v) is 4.75. The normalized spacial score (nSPS) is 10.9. The molecule has 0 saturated heterocycles. The maximum absolute atomic E-state index is 5.51. The van der Waals surface area contributed by atoms with Crippen LogP contribution < -0.4 is 10.5 Å². The summed E-state index contributed by atoms with van der Waals surface area (Å²) >= 11 is 1.74. The number of hydrogen-bond donors (Lipinski definition) is 1. The molecule has 0 fully saturated rings. The number of benzene rings is 1. The van der Waals surface area contributed by atoms with Crippen LogP contribution >= 0.6 is 11.3 Å². The van der Waals surface area contributed by atoms with Crippen LogP contribution in [0, 0.1) is 0 Å². The molecule has 16 heavy (non-hydrogen) atoms. The van der Waals surface area contributed by atoms with Crippen molar-refractivity contribution in [2.45, 2.75) is 19.3 Å². The molecule has 2 rings (SSSR count). The zero-order chi connectivity index (χ0) is 11.4. The molecule has 0 spiro atoms. The van der Waals surface area contributed by atoms with Gasteiger partial charge in [0.05, 0.1) is 11.8 Å². The molecule has 0 aliphatic rings. The van der Waals surface area contributed by atoms with Crippen molar-refractivity contribution < 1.29 is 4.74 Å². The number of hydrogen-bond acceptors (Lipinski definition) is 3. The Balaban J connectivity index is 2.29. The van der Waals surface area contributed by atoms with Crippen LogP contribution in [0.2, 0.25) is 0 Å². The first-order valence-corrected chi connectivity index (χ1v) is 6.48. The lowest BCUT2D eigenvalue weighted by molar-refractivity contribution is 0.420. The van der Waals surface area contributed by atoms with Crippen LogP contribution in [-0.2, 0) is 6.42 Å². The fourth-order valence-electron chi connectivity index (χ4n) is 1.93. The maximum Gasteiger partial charge on any atom is 0.136 e. The van der Waals surface area contributed by atoms with E-state index in [0.717, 1.165) is 31.6 Å². The summed E-state index contributed by atoms with van der Waals surface area (Å²) in [6.07, 6.45) is 3.36. The number of ether oxygens (including phenoxy) is 1. The highest BCUT2D eigenvalue weighted by Crippen LogP contribution is 2.33. The number of nitrogens with two attached hydrogens (primary N) is 1. The first-order chi connectivity index (χ1) is 7.86.